The van der Waals surface area contributed by atoms with Gasteiger partial charge in [-0.25, -0.2) is 9.18 Å². The minimum absolute atomic E-state index is 0.274. The van der Waals surface area contributed by atoms with Gasteiger partial charge in [-0.3, -0.25) is 9.67 Å². The Morgan fingerprint density at radius 3 is 2.38 bits per heavy atom. The first-order chi connectivity index (χ1) is 15.2. The molecular weight excluding hydrogens is 407 g/mol. The van der Waals surface area contributed by atoms with Crippen molar-refractivity contribution in [2.75, 3.05) is 13.1 Å². The minimum atomic E-state index is -0.529. The Labute approximate surface area is 188 Å². The first kappa shape index (κ1) is 22.0. The van der Waals surface area contributed by atoms with Gasteiger partial charge in [0, 0.05) is 31.9 Å². The third-order valence-electron chi connectivity index (χ3n) is 5.93. The molecule has 0 radical (unpaired) electrons. The van der Waals surface area contributed by atoms with Gasteiger partial charge in [-0.05, 0) is 76.1 Å². The highest BCUT2D eigenvalue weighted by molar-refractivity contribution is 5.68. The molecule has 0 unspecified atom stereocenters. The number of pyridine rings is 1. The highest BCUT2D eigenvalue weighted by Crippen LogP contribution is 2.42. The van der Waals surface area contributed by atoms with Crippen molar-refractivity contribution in [3.05, 3.63) is 71.9 Å². The molecule has 7 heteroatoms. The van der Waals surface area contributed by atoms with Crippen molar-refractivity contribution in [1.82, 2.24) is 19.7 Å². The molecule has 0 saturated carbocycles. The Balaban J connectivity index is 1.68. The number of nitrogens with zero attached hydrogens (tertiary/aromatic N) is 4. The third-order valence-corrected chi connectivity index (χ3v) is 5.93. The normalized spacial score (nSPS) is 16.1. The van der Waals surface area contributed by atoms with Crippen LogP contribution in [0, 0.1) is 5.82 Å². The van der Waals surface area contributed by atoms with E-state index >= 15 is 0 Å². The molecule has 0 aliphatic carbocycles. The summed E-state index contributed by atoms with van der Waals surface area (Å²) in [4.78, 5) is 19.1. The van der Waals surface area contributed by atoms with Crippen molar-refractivity contribution in [2.24, 2.45) is 7.05 Å². The highest BCUT2D eigenvalue weighted by atomic mass is 19.1. The van der Waals surface area contributed by atoms with Crippen LogP contribution < -0.4 is 0 Å². The molecule has 0 atom stereocenters. The Hall–Kier alpha value is -3.22. The number of carbonyl (C=O) groups excluding carboxylic acids is 1. The predicted octanol–water partition coefficient (Wildman–Crippen LogP) is 4.94. The first-order valence-electron chi connectivity index (χ1n) is 10.9. The predicted molar refractivity (Wildman–Crippen MR) is 121 cm³/mol. The molecule has 0 bridgehead atoms. The summed E-state index contributed by atoms with van der Waals surface area (Å²) in [6.07, 6.45) is 2.91. The lowest BCUT2D eigenvalue weighted by molar-refractivity contribution is 0.0175. The molecule has 1 aliphatic heterocycles. The van der Waals surface area contributed by atoms with Crippen LogP contribution in [-0.2, 0) is 17.2 Å². The van der Waals surface area contributed by atoms with E-state index in [-0.39, 0.29) is 17.3 Å². The van der Waals surface area contributed by atoms with Crippen LogP contribution in [0.4, 0.5) is 9.18 Å². The van der Waals surface area contributed by atoms with E-state index < -0.39 is 5.60 Å². The number of hydrogen-bond donors (Lipinski definition) is 0. The molecular formula is C25H29FN4O2. The number of halogens is 1. The van der Waals surface area contributed by atoms with Gasteiger partial charge in [0.05, 0.1) is 22.5 Å². The molecule has 0 spiro atoms. The summed E-state index contributed by atoms with van der Waals surface area (Å²) in [5, 5.41) is 4.72. The molecule has 4 rings (SSSR count). The van der Waals surface area contributed by atoms with E-state index in [1.165, 1.54) is 12.1 Å². The number of likely N-dealkylation sites (tertiary alicyclic amines) is 1. The van der Waals surface area contributed by atoms with Gasteiger partial charge < -0.3 is 9.64 Å². The number of benzene rings is 1. The minimum Gasteiger partial charge on any atom is -0.444 e. The van der Waals surface area contributed by atoms with Gasteiger partial charge in [-0.1, -0.05) is 6.07 Å². The van der Waals surface area contributed by atoms with Crippen LogP contribution >= 0.6 is 0 Å². The zero-order chi connectivity index (χ0) is 22.9. The van der Waals surface area contributed by atoms with Gasteiger partial charge in [0.25, 0.3) is 0 Å². The Morgan fingerprint density at radius 1 is 1.09 bits per heavy atom. The molecule has 2 aromatic heterocycles. The van der Waals surface area contributed by atoms with E-state index in [0.29, 0.717) is 25.9 Å². The quantitative estimate of drug-likeness (QED) is 0.584. The van der Waals surface area contributed by atoms with Crippen LogP contribution in [0.15, 0.2) is 54.7 Å². The lowest BCUT2D eigenvalue weighted by atomic mass is 9.72. The molecule has 3 heterocycles. The summed E-state index contributed by atoms with van der Waals surface area (Å²) >= 11 is 0. The standard InChI is InChI=1S/C25H29FN4O2/c1-24(2,3)32-23(31)30-15-12-25(13-16-30,21-7-5-6-14-27-21)22-17-20(28-29(22)4)18-8-10-19(26)11-9-18/h5-11,14,17H,12-13,15-16H2,1-4H3. The summed E-state index contributed by atoms with van der Waals surface area (Å²) in [6.45, 7) is 6.74. The van der Waals surface area contributed by atoms with Crippen molar-refractivity contribution in [3.63, 3.8) is 0 Å². The van der Waals surface area contributed by atoms with E-state index in [4.69, 9.17) is 9.84 Å². The number of rotatable bonds is 3. The number of carbonyl (C=O) groups is 1. The van der Waals surface area contributed by atoms with E-state index in [0.717, 1.165) is 22.6 Å². The highest BCUT2D eigenvalue weighted by Gasteiger charge is 2.43. The van der Waals surface area contributed by atoms with Gasteiger partial charge in [0.15, 0.2) is 0 Å². The van der Waals surface area contributed by atoms with Crippen LogP contribution in [0.3, 0.4) is 0 Å². The van der Waals surface area contributed by atoms with Gasteiger partial charge in [0.1, 0.15) is 11.4 Å². The molecule has 0 N–H and O–H groups in total. The molecule has 32 heavy (non-hydrogen) atoms. The molecule has 1 fully saturated rings. The maximum atomic E-state index is 13.4. The van der Waals surface area contributed by atoms with Gasteiger partial charge in [-0.15, -0.1) is 0 Å². The summed E-state index contributed by atoms with van der Waals surface area (Å²) in [5.74, 6) is -0.274. The Kier molecular flexibility index (Phi) is 5.75. The third kappa shape index (κ3) is 4.38. The summed E-state index contributed by atoms with van der Waals surface area (Å²) < 4.78 is 20.8. The largest absolute Gasteiger partial charge is 0.444 e. The average molecular weight is 437 g/mol. The SMILES string of the molecule is Cn1nc(-c2ccc(F)cc2)cc1C1(c2ccccn2)CCN(C(=O)OC(C)(C)C)CC1. The van der Waals surface area contributed by atoms with Gasteiger partial charge in [0.2, 0.25) is 0 Å². The fourth-order valence-electron chi connectivity index (χ4n) is 4.36. The first-order valence-corrected chi connectivity index (χ1v) is 10.9. The second kappa shape index (κ2) is 8.37. The van der Waals surface area contributed by atoms with Crippen LogP contribution in [0.1, 0.15) is 45.0 Å². The summed E-state index contributed by atoms with van der Waals surface area (Å²) in [7, 11) is 1.92. The maximum absolute atomic E-state index is 13.4. The van der Waals surface area contributed by atoms with E-state index in [2.05, 4.69) is 11.1 Å². The zero-order valence-corrected chi connectivity index (χ0v) is 19.0. The Morgan fingerprint density at radius 2 is 1.78 bits per heavy atom. The van der Waals surface area contributed by atoms with Crippen molar-refractivity contribution < 1.29 is 13.9 Å². The van der Waals surface area contributed by atoms with Crippen LogP contribution in [-0.4, -0.2) is 44.4 Å². The van der Waals surface area contributed by atoms with Gasteiger partial charge >= 0.3 is 6.09 Å². The number of aryl methyl sites for hydroxylation is 1. The molecule has 1 aromatic carbocycles. The maximum Gasteiger partial charge on any atom is 0.410 e. The molecule has 1 saturated heterocycles. The molecule has 1 aliphatic rings. The zero-order valence-electron chi connectivity index (χ0n) is 19.0. The molecule has 6 nitrogen and oxygen atoms in total. The Bertz CT molecular complexity index is 1080. The summed E-state index contributed by atoms with van der Waals surface area (Å²) in [5.41, 5.74) is 2.71. The van der Waals surface area contributed by atoms with Crippen LogP contribution in [0.2, 0.25) is 0 Å². The van der Waals surface area contributed by atoms with Crippen molar-refractivity contribution in [1.29, 1.82) is 0 Å². The number of aromatic nitrogens is 3. The number of hydrogen-bond acceptors (Lipinski definition) is 4. The van der Waals surface area contributed by atoms with Gasteiger partial charge in [-0.2, -0.15) is 5.10 Å². The van der Waals surface area contributed by atoms with E-state index in [9.17, 15) is 9.18 Å². The number of piperidine rings is 1. The van der Waals surface area contributed by atoms with Crippen LogP contribution in [0.5, 0.6) is 0 Å². The van der Waals surface area contributed by atoms with Crippen LogP contribution in [0.25, 0.3) is 11.3 Å². The van der Waals surface area contributed by atoms with E-state index in [1.54, 1.807) is 23.2 Å². The lowest BCUT2D eigenvalue weighted by Gasteiger charge is -2.41. The number of ether oxygens (including phenoxy) is 1. The van der Waals surface area contributed by atoms with Crippen molar-refractivity contribution >= 4 is 6.09 Å². The van der Waals surface area contributed by atoms with E-state index in [1.807, 2.05) is 50.7 Å². The average Bonchev–Trinajstić information content (AvgIpc) is 3.16. The fourth-order valence-corrected chi connectivity index (χ4v) is 4.36. The van der Waals surface area contributed by atoms with Crippen molar-refractivity contribution in [2.45, 2.75) is 44.6 Å². The second-order valence-corrected chi connectivity index (χ2v) is 9.31. The molecule has 1 amide bonds. The van der Waals surface area contributed by atoms with Crippen molar-refractivity contribution in [3.8, 4) is 11.3 Å². The summed E-state index contributed by atoms with van der Waals surface area (Å²) in [6, 6.07) is 14.3. The lowest BCUT2D eigenvalue weighted by Crippen LogP contribution is -2.48. The smallest absolute Gasteiger partial charge is 0.410 e. The molecule has 168 valence electrons. The second-order valence-electron chi connectivity index (χ2n) is 9.31. The number of amides is 1. The topological polar surface area (TPSA) is 60.2 Å². The molecule has 3 aromatic rings. The monoisotopic (exact) mass is 436 g/mol. The fraction of sp³-hybridized carbons (Fsp3) is 0.400.